The summed E-state index contributed by atoms with van der Waals surface area (Å²) < 4.78 is 0. The second kappa shape index (κ2) is 4.07. The molecule has 0 aromatic heterocycles. The van der Waals surface area contributed by atoms with Gasteiger partial charge in [-0.1, -0.05) is 0 Å². The lowest BCUT2D eigenvalue weighted by molar-refractivity contribution is -0.146. The minimum absolute atomic E-state index is 0.111. The molecule has 0 saturated heterocycles. The van der Waals surface area contributed by atoms with Gasteiger partial charge in [0.15, 0.2) is 0 Å². The van der Waals surface area contributed by atoms with E-state index in [0.29, 0.717) is 5.57 Å². The molecule has 0 aromatic rings. The molecule has 0 heterocycles. The molecule has 1 aliphatic carbocycles. The van der Waals surface area contributed by atoms with Crippen molar-refractivity contribution < 1.29 is 24.6 Å². The van der Waals surface area contributed by atoms with E-state index < -0.39 is 23.8 Å². The molecule has 0 amide bonds. The summed E-state index contributed by atoms with van der Waals surface area (Å²) in [5.41, 5.74) is 0.402. The highest BCUT2D eigenvalue weighted by Gasteiger charge is 2.41. The van der Waals surface area contributed by atoms with Crippen LogP contribution in [-0.4, -0.2) is 28.1 Å². The number of aliphatic carboxylic acids is 2. The Balaban J connectivity index is 2.57. The monoisotopic (exact) mass is 198 g/mol. The van der Waals surface area contributed by atoms with Gasteiger partial charge in [-0.25, -0.2) is 4.79 Å². The van der Waals surface area contributed by atoms with Crippen LogP contribution >= 0.6 is 0 Å². The van der Waals surface area contributed by atoms with Crippen molar-refractivity contribution in [1.29, 1.82) is 0 Å². The molecule has 0 radical (unpaired) electrons. The predicted molar refractivity (Wildman–Crippen MR) is 45.3 cm³/mol. The summed E-state index contributed by atoms with van der Waals surface area (Å²) >= 11 is 0. The third-order valence-electron chi connectivity index (χ3n) is 2.49. The Bertz CT molecular complexity index is 313. The number of hydrogen-bond acceptors (Lipinski definition) is 3. The molecule has 2 unspecified atom stereocenters. The Hall–Kier alpha value is -1.61. The first kappa shape index (κ1) is 10.5. The van der Waals surface area contributed by atoms with Gasteiger partial charge >= 0.3 is 11.9 Å². The number of carbonyl (C=O) groups excluding carboxylic acids is 1. The molecule has 14 heavy (non-hydrogen) atoms. The van der Waals surface area contributed by atoms with Crippen molar-refractivity contribution in [1.82, 2.24) is 0 Å². The third-order valence-corrected chi connectivity index (χ3v) is 2.49. The van der Waals surface area contributed by atoms with Gasteiger partial charge in [0.1, 0.15) is 5.94 Å². The van der Waals surface area contributed by atoms with E-state index in [1.807, 2.05) is 0 Å². The summed E-state index contributed by atoms with van der Waals surface area (Å²) in [5, 5.41) is 17.1. The number of rotatable bonds is 4. The zero-order valence-corrected chi connectivity index (χ0v) is 7.40. The molecule has 0 spiro atoms. The van der Waals surface area contributed by atoms with Gasteiger partial charge < -0.3 is 10.2 Å². The summed E-state index contributed by atoms with van der Waals surface area (Å²) in [6.45, 7) is 0. The first-order valence-corrected chi connectivity index (χ1v) is 4.24. The highest BCUT2D eigenvalue weighted by atomic mass is 16.4. The fourth-order valence-electron chi connectivity index (χ4n) is 1.64. The van der Waals surface area contributed by atoms with Crippen LogP contribution in [0.2, 0.25) is 0 Å². The van der Waals surface area contributed by atoms with E-state index in [0.717, 1.165) is 0 Å². The number of carboxylic acid groups (broad SMARTS) is 2. The van der Waals surface area contributed by atoms with Crippen molar-refractivity contribution in [2.75, 3.05) is 0 Å². The first-order valence-electron chi connectivity index (χ1n) is 4.24. The van der Waals surface area contributed by atoms with E-state index in [1.54, 1.807) is 5.94 Å². The van der Waals surface area contributed by atoms with E-state index in [1.165, 1.54) is 0 Å². The summed E-state index contributed by atoms with van der Waals surface area (Å²) in [7, 11) is 0. The van der Waals surface area contributed by atoms with Crippen molar-refractivity contribution in [2.45, 2.75) is 19.3 Å². The Morgan fingerprint density at radius 3 is 2.50 bits per heavy atom. The van der Waals surface area contributed by atoms with Gasteiger partial charge in [-0.05, 0) is 12.8 Å². The standard InChI is InChI=1S/C9H10O5/c10-4-5-3-7(9(13)14)6(5)1-2-8(11)12/h6-7H,1-3H2,(H,11,12)(H,13,14). The summed E-state index contributed by atoms with van der Waals surface area (Å²) in [6, 6.07) is 0. The van der Waals surface area contributed by atoms with Crippen molar-refractivity contribution in [3.05, 3.63) is 5.57 Å². The molecule has 5 nitrogen and oxygen atoms in total. The fraction of sp³-hybridized carbons (Fsp3) is 0.556. The van der Waals surface area contributed by atoms with Gasteiger partial charge in [-0.2, -0.15) is 0 Å². The molecule has 1 saturated carbocycles. The Morgan fingerprint density at radius 2 is 2.07 bits per heavy atom. The minimum Gasteiger partial charge on any atom is -0.481 e. The quantitative estimate of drug-likeness (QED) is 0.635. The van der Waals surface area contributed by atoms with Gasteiger partial charge in [0.2, 0.25) is 0 Å². The largest absolute Gasteiger partial charge is 0.481 e. The van der Waals surface area contributed by atoms with E-state index in [4.69, 9.17) is 10.2 Å². The molecule has 2 atom stereocenters. The fourth-order valence-corrected chi connectivity index (χ4v) is 1.64. The molecule has 76 valence electrons. The van der Waals surface area contributed by atoms with Gasteiger partial charge in [0.05, 0.1) is 5.92 Å². The van der Waals surface area contributed by atoms with Crippen molar-refractivity contribution in [2.24, 2.45) is 11.8 Å². The second-order valence-electron chi connectivity index (χ2n) is 3.32. The summed E-state index contributed by atoms with van der Waals surface area (Å²) in [6.07, 6.45) is 0.305. The van der Waals surface area contributed by atoms with Gasteiger partial charge in [0.25, 0.3) is 0 Å². The van der Waals surface area contributed by atoms with E-state index in [9.17, 15) is 14.4 Å². The van der Waals surface area contributed by atoms with Gasteiger partial charge in [-0.3, -0.25) is 9.59 Å². The molecule has 0 aromatic carbocycles. The molecule has 1 rings (SSSR count). The molecule has 1 aliphatic rings. The van der Waals surface area contributed by atoms with Crippen LogP contribution in [0, 0.1) is 11.8 Å². The van der Waals surface area contributed by atoms with Crippen molar-refractivity contribution >= 4 is 17.9 Å². The maximum Gasteiger partial charge on any atom is 0.307 e. The molecule has 5 heteroatoms. The van der Waals surface area contributed by atoms with Crippen molar-refractivity contribution in [3.63, 3.8) is 0 Å². The normalized spacial score (nSPS) is 25.0. The maximum atomic E-state index is 10.6. The maximum absolute atomic E-state index is 10.6. The Kier molecular flexibility index (Phi) is 3.04. The number of carbonyl (C=O) groups is 2. The van der Waals surface area contributed by atoms with Crippen LogP contribution in [0.5, 0.6) is 0 Å². The zero-order chi connectivity index (χ0) is 10.7. The summed E-state index contributed by atoms with van der Waals surface area (Å²) in [5.74, 6) is -1.32. The molecule has 2 N–H and O–H groups in total. The van der Waals surface area contributed by atoms with Gasteiger partial charge in [0, 0.05) is 17.9 Å². The average molecular weight is 198 g/mol. The Morgan fingerprint density at radius 1 is 1.43 bits per heavy atom. The number of allylic oxidation sites excluding steroid dienone is 1. The molecular weight excluding hydrogens is 188 g/mol. The topological polar surface area (TPSA) is 91.7 Å². The molecular formula is C9H10O5. The SMILES string of the molecule is O=C=C1CC(C(=O)O)C1CCC(=O)O. The van der Waals surface area contributed by atoms with Crippen LogP contribution in [0.3, 0.4) is 0 Å². The van der Waals surface area contributed by atoms with Crippen LogP contribution < -0.4 is 0 Å². The lowest BCUT2D eigenvalue weighted by Crippen LogP contribution is -2.36. The van der Waals surface area contributed by atoms with E-state index >= 15 is 0 Å². The van der Waals surface area contributed by atoms with E-state index in [2.05, 4.69) is 0 Å². The molecule has 1 fully saturated rings. The minimum atomic E-state index is -0.980. The zero-order valence-electron chi connectivity index (χ0n) is 7.40. The summed E-state index contributed by atoms with van der Waals surface area (Å²) in [4.78, 5) is 31.2. The van der Waals surface area contributed by atoms with Crippen LogP contribution in [0.4, 0.5) is 0 Å². The van der Waals surface area contributed by atoms with Crippen LogP contribution in [0.1, 0.15) is 19.3 Å². The average Bonchev–Trinajstić information content (AvgIpc) is 2.01. The highest BCUT2D eigenvalue weighted by Crippen LogP contribution is 2.41. The third kappa shape index (κ3) is 2.00. The van der Waals surface area contributed by atoms with Crippen molar-refractivity contribution in [3.8, 4) is 0 Å². The second-order valence-corrected chi connectivity index (χ2v) is 3.32. The van der Waals surface area contributed by atoms with Crippen LogP contribution in [0.25, 0.3) is 0 Å². The lowest BCUT2D eigenvalue weighted by Gasteiger charge is -2.33. The predicted octanol–water partition coefficient (Wildman–Crippen LogP) is 0.330. The van der Waals surface area contributed by atoms with Crippen LogP contribution in [-0.2, 0) is 14.4 Å². The number of hydrogen-bond donors (Lipinski definition) is 2. The van der Waals surface area contributed by atoms with Crippen LogP contribution in [0.15, 0.2) is 5.57 Å². The van der Waals surface area contributed by atoms with E-state index in [-0.39, 0.29) is 19.3 Å². The molecule has 0 bridgehead atoms. The van der Waals surface area contributed by atoms with Gasteiger partial charge in [-0.15, -0.1) is 0 Å². The Labute approximate surface area is 80.0 Å². The smallest absolute Gasteiger partial charge is 0.307 e. The lowest BCUT2D eigenvalue weighted by atomic mass is 9.68. The highest BCUT2D eigenvalue weighted by molar-refractivity contribution is 5.76. The number of carboxylic acids is 2. The molecule has 0 aliphatic heterocycles. The first-order chi connectivity index (χ1) is 6.56.